The minimum atomic E-state index is 0.0161. The summed E-state index contributed by atoms with van der Waals surface area (Å²) in [5.41, 5.74) is 0. The number of nitrogens with zero attached hydrogens (tertiary/aromatic N) is 3. The van der Waals surface area contributed by atoms with Gasteiger partial charge >= 0.3 is 0 Å². The minimum Gasteiger partial charge on any atom is -0.196 e. The van der Waals surface area contributed by atoms with Crippen LogP contribution >= 0.6 is 105 Å². The van der Waals surface area contributed by atoms with Crippen molar-refractivity contribution >= 4 is 105 Å². The molecular weight excluding hydrogens is 534 g/mol. The number of halogens is 7. The van der Waals surface area contributed by atoms with Crippen molar-refractivity contribution in [1.82, 2.24) is 15.0 Å². The van der Waals surface area contributed by atoms with Crippen LogP contribution in [0.2, 0.25) is 35.4 Å². The number of hydrogen-bond acceptors (Lipinski definition) is 5. The molecule has 3 aromatic rings. The highest BCUT2D eigenvalue weighted by Gasteiger charge is 2.14. The van der Waals surface area contributed by atoms with E-state index < -0.39 is 0 Å². The molecule has 0 aliphatic carbocycles. The summed E-state index contributed by atoms with van der Waals surface area (Å²) in [7, 11) is 0. The lowest BCUT2D eigenvalue weighted by Gasteiger charge is -2.08. The van der Waals surface area contributed by atoms with E-state index in [2.05, 4.69) is 15.0 Å². The van der Waals surface area contributed by atoms with Gasteiger partial charge in [0.2, 0.25) is 5.28 Å². The first-order valence-electron chi connectivity index (χ1n) is 6.79. The predicted molar refractivity (Wildman–Crippen MR) is 116 cm³/mol. The first-order valence-corrected chi connectivity index (χ1v) is 11.1. The quantitative estimate of drug-likeness (QED) is 0.311. The van der Waals surface area contributed by atoms with Gasteiger partial charge in [-0.05, 0) is 59.4 Å². The maximum absolute atomic E-state index is 6.20. The van der Waals surface area contributed by atoms with Crippen molar-refractivity contribution in [3.8, 4) is 0 Å². The topological polar surface area (TPSA) is 38.7 Å². The van der Waals surface area contributed by atoms with E-state index in [1.165, 1.54) is 23.5 Å². The van der Waals surface area contributed by atoms with Crippen LogP contribution in [0.3, 0.4) is 0 Å². The van der Waals surface area contributed by atoms with Crippen molar-refractivity contribution in [2.75, 3.05) is 0 Å². The Morgan fingerprint density at radius 3 is 1.26 bits per heavy atom. The number of rotatable bonds is 4. The Morgan fingerprint density at radius 2 is 0.852 bits per heavy atom. The molecule has 140 valence electrons. The van der Waals surface area contributed by atoms with Crippen LogP contribution in [0.25, 0.3) is 0 Å². The van der Waals surface area contributed by atoms with Gasteiger partial charge in [-0.1, -0.05) is 69.6 Å². The summed E-state index contributed by atoms with van der Waals surface area (Å²) >= 11 is 44.7. The molecule has 0 unspecified atom stereocenters. The molecule has 0 aliphatic heterocycles. The molecule has 12 heteroatoms. The summed E-state index contributed by atoms with van der Waals surface area (Å²) in [6, 6.07) is 6.33. The monoisotopic (exact) mass is 535 g/mol. The lowest BCUT2D eigenvalue weighted by Crippen LogP contribution is -1.95. The second-order valence-corrected chi connectivity index (χ2v) is 9.57. The van der Waals surface area contributed by atoms with Gasteiger partial charge in [0, 0.05) is 9.79 Å². The Kier molecular flexibility index (Phi) is 7.56. The van der Waals surface area contributed by atoms with Crippen molar-refractivity contribution in [3.05, 3.63) is 59.7 Å². The van der Waals surface area contributed by atoms with E-state index in [0.29, 0.717) is 50.2 Å². The summed E-state index contributed by atoms with van der Waals surface area (Å²) in [6.07, 6.45) is 0. The molecule has 1 aromatic heterocycles. The molecule has 0 amide bonds. The molecule has 0 saturated carbocycles. The zero-order valence-electron chi connectivity index (χ0n) is 12.6. The Hall–Kier alpha value is 0.180. The molecule has 0 fully saturated rings. The van der Waals surface area contributed by atoms with Crippen LogP contribution in [-0.4, -0.2) is 15.0 Å². The fourth-order valence-corrected chi connectivity index (χ4v) is 5.13. The molecule has 0 spiro atoms. The number of hydrogen-bond donors (Lipinski definition) is 0. The summed E-state index contributed by atoms with van der Waals surface area (Å²) < 4.78 is 0. The van der Waals surface area contributed by atoms with Crippen molar-refractivity contribution in [2.45, 2.75) is 20.1 Å². The molecule has 1 heterocycles. The molecule has 0 N–H and O–H groups in total. The zero-order valence-corrected chi connectivity index (χ0v) is 19.5. The van der Waals surface area contributed by atoms with Gasteiger partial charge in [-0.25, -0.2) is 0 Å². The van der Waals surface area contributed by atoms with Crippen molar-refractivity contribution < 1.29 is 0 Å². The Morgan fingerprint density at radius 1 is 0.481 bits per heavy atom. The average Bonchev–Trinajstić information content (AvgIpc) is 2.57. The smallest absolute Gasteiger partial charge is 0.196 e. The molecule has 2 aromatic carbocycles. The lowest BCUT2D eigenvalue weighted by molar-refractivity contribution is 0.801. The summed E-state index contributed by atoms with van der Waals surface area (Å²) in [4.78, 5) is 13.8. The van der Waals surface area contributed by atoms with E-state index in [9.17, 15) is 0 Å². The van der Waals surface area contributed by atoms with Crippen molar-refractivity contribution in [2.24, 2.45) is 0 Å². The fourth-order valence-electron chi connectivity index (χ4n) is 1.77. The maximum Gasteiger partial charge on any atom is 0.227 e. The minimum absolute atomic E-state index is 0.0161. The van der Waals surface area contributed by atoms with Crippen LogP contribution in [0.5, 0.6) is 0 Å². The van der Waals surface area contributed by atoms with Gasteiger partial charge in [0.1, 0.15) is 0 Å². The predicted octanol–water partition coefficient (Wildman–Crippen LogP) is 8.75. The van der Waals surface area contributed by atoms with E-state index in [-0.39, 0.29) is 5.28 Å². The third-order valence-corrected chi connectivity index (χ3v) is 7.23. The molecular formula is C15H4Cl7N3S2. The Labute approximate surface area is 198 Å². The first-order chi connectivity index (χ1) is 12.7. The van der Waals surface area contributed by atoms with Gasteiger partial charge in [-0.15, -0.1) is 0 Å². The highest BCUT2D eigenvalue weighted by Crippen LogP contribution is 2.40. The van der Waals surface area contributed by atoms with Crippen LogP contribution in [-0.2, 0) is 0 Å². The van der Waals surface area contributed by atoms with E-state index >= 15 is 0 Å². The van der Waals surface area contributed by atoms with Gasteiger partial charge in [0.05, 0.1) is 30.1 Å². The molecule has 0 radical (unpaired) electrons. The molecule has 0 atom stereocenters. The highest BCUT2D eigenvalue weighted by atomic mass is 35.5. The first kappa shape index (κ1) is 21.9. The Bertz CT molecular complexity index is 955. The van der Waals surface area contributed by atoms with Crippen LogP contribution in [0.1, 0.15) is 0 Å². The van der Waals surface area contributed by atoms with Crippen LogP contribution < -0.4 is 0 Å². The second kappa shape index (κ2) is 9.33. The fraction of sp³-hybridized carbons (Fsp3) is 0. The van der Waals surface area contributed by atoms with Gasteiger partial charge in [0.15, 0.2) is 10.3 Å². The van der Waals surface area contributed by atoms with Gasteiger partial charge in [-0.2, -0.15) is 15.0 Å². The van der Waals surface area contributed by atoms with Crippen molar-refractivity contribution in [1.29, 1.82) is 0 Å². The van der Waals surface area contributed by atoms with E-state index in [4.69, 9.17) is 81.2 Å². The highest BCUT2D eigenvalue weighted by molar-refractivity contribution is 8.00. The van der Waals surface area contributed by atoms with E-state index in [1.807, 2.05) is 0 Å². The van der Waals surface area contributed by atoms with Gasteiger partial charge < -0.3 is 0 Å². The second-order valence-electron chi connectivity index (χ2n) is 4.77. The maximum atomic E-state index is 6.20. The number of benzene rings is 2. The van der Waals surface area contributed by atoms with E-state index in [1.54, 1.807) is 24.3 Å². The standard InChI is InChI=1S/C15H4Cl7N3S2/c16-5-1-9(20)11(3-7(5)18)26-14-23-13(22)24-15(25-14)27-12-4-8(19)6(17)2-10(12)21/h1-4H. The Balaban J connectivity index is 1.91. The van der Waals surface area contributed by atoms with Crippen LogP contribution in [0.15, 0.2) is 44.4 Å². The normalized spacial score (nSPS) is 11.1. The number of aromatic nitrogens is 3. The summed E-state index contributed by atoms with van der Waals surface area (Å²) in [6.45, 7) is 0. The summed E-state index contributed by atoms with van der Waals surface area (Å²) in [5, 5.41) is 2.92. The van der Waals surface area contributed by atoms with E-state index in [0.717, 1.165) is 0 Å². The molecule has 3 rings (SSSR count). The lowest BCUT2D eigenvalue weighted by atomic mass is 10.4. The van der Waals surface area contributed by atoms with Crippen LogP contribution in [0, 0.1) is 0 Å². The van der Waals surface area contributed by atoms with Crippen molar-refractivity contribution in [3.63, 3.8) is 0 Å². The average molecular weight is 539 g/mol. The van der Waals surface area contributed by atoms with Gasteiger partial charge in [0.25, 0.3) is 0 Å². The SMILES string of the molecule is Clc1nc(Sc2cc(Cl)c(Cl)cc2Cl)nc(Sc2cc(Cl)c(Cl)cc2Cl)n1. The molecule has 3 nitrogen and oxygen atoms in total. The largest absolute Gasteiger partial charge is 0.227 e. The molecule has 0 saturated heterocycles. The molecule has 27 heavy (non-hydrogen) atoms. The summed E-state index contributed by atoms with van der Waals surface area (Å²) in [5.74, 6) is 0. The third kappa shape index (κ3) is 5.62. The molecule has 0 aliphatic rings. The zero-order chi connectivity index (χ0) is 19.7. The third-order valence-electron chi connectivity index (χ3n) is 2.92. The van der Waals surface area contributed by atoms with Crippen LogP contribution in [0.4, 0.5) is 0 Å². The molecule has 0 bridgehead atoms. The van der Waals surface area contributed by atoms with Gasteiger partial charge in [-0.3, -0.25) is 0 Å².